The molecule has 0 saturated heterocycles. The standard InChI is InChI=1S/C19H15F4N6O3P.2Na/c1-10-24-14-7-4-12(20)8-15(14)29(10)17-9-16(28-33(30,31)32)26-18(27-17)25-13-5-2-11(3-6-13)19(21,22)23;;/h2-9H,1H3,(H4,25,26,27,28,30,31,32);;/q;2*+1/p-2. The van der Waals surface area contributed by atoms with Crippen LogP contribution in [0.2, 0.25) is 0 Å². The Morgan fingerprint density at radius 2 is 1.63 bits per heavy atom. The molecule has 4 aromatic rings. The molecule has 0 bridgehead atoms. The topological polar surface area (TPSA) is 131 Å². The van der Waals surface area contributed by atoms with Gasteiger partial charge in [0.2, 0.25) is 5.95 Å². The van der Waals surface area contributed by atoms with Crippen LogP contribution >= 0.6 is 7.75 Å². The zero-order valence-electron chi connectivity index (χ0n) is 18.6. The second-order valence-electron chi connectivity index (χ2n) is 6.87. The van der Waals surface area contributed by atoms with Crippen LogP contribution in [0.3, 0.4) is 0 Å². The largest absolute Gasteiger partial charge is 1.00 e. The Labute approximate surface area is 240 Å². The van der Waals surface area contributed by atoms with Crippen molar-refractivity contribution in [3.05, 3.63) is 65.7 Å². The fraction of sp³-hybridized carbons (Fsp3) is 0.105. The van der Waals surface area contributed by atoms with Gasteiger partial charge >= 0.3 is 65.3 Å². The van der Waals surface area contributed by atoms with Crippen molar-refractivity contribution in [1.29, 1.82) is 0 Å². The van der Waals surface area contributed by atoms with Crippen LogP contribution in [0.4, 0.5) is 35.0 Å². The summed E-state index contributed by atoms with van der Waals surface area (Å²) in [6.07, 6.45) is -4.52. The average molecular weight is 526 g/mol. The molecular weight excluding hydrogens is 513 g/mol. The minimum absolute atomic E-state index is 0. The Kier molecular flexibility index (Phi) is 9.54. The molecule has 9 nitrogen and oxygen atoms in total. The molecule has 0 saturated carbocycles. The Morgan fingerprint density at radius 1 is 0.971 bits per heavy atom. The molecule has 2 heterocycles. The summed E-state index contributed by atoms with van der Waals surface area (Å²) >= 11 is 0. The van der Waals surface area contributed by atoms with Crippen molar-refractivity contribution < 1.29 is 91.0 Å². The zero-order valence-corrected chi connectivity index (χ0v) is 23.5. The molecule has 0 amide bonds. The maximum Gasteiger partial charge on any atom is 1.00 e. The molecule has 2 N–H and O–H groups in total. The van der Waals surface area contributed by atoms with E-state index in [1.165, 1.54) is 22.8 Å². The van der Waals surface area contributed by atoms with Gasteiger partial charge in [-0.2, -0.15) is 23.1 Å². The third-order valence-corrected chi connectivity index (χ3v) is 4.95. The molecule has 0 aliphatic heterocycles. The zero-order chi connectivity index (χ0) is 24.0. The van der Waals surface area contributed by atoms with Crippen molar-refractivity contribution in [3.63, 3.8) is 0 Å². The number of fused-ring (bicyclic) bond motifs is 1. The maximum atomic E-state index is 13.8. The number of rotatable bonds is 5. The van der Waals surface area contributed by atoms with Gasteiger partial charge in [-0.3, -0.25) is 4.57 Å². The number of nitrogens with zero attached hydrogens (tertiary/aromatic N) is 4. The molecule has 0 fully saturated rings. The van der Waals surface area contributed by atoms with E-state index >= 15 is 0 Å². The molecule has 0 aliphatic carbocycles. The number of nitrogens with one attached hydrogen (secondary N) is 2. The van der Waals surface area contributed by atoms with Gasteiger partial charge in [-0.05, 0) is 43.3 Å². The van der Waals surface area contributed by atoms with Gasteiger partial charge in [0.05, 0.1) is 16.6 Å². The van der Waals surface area contributed by atoms with E-state index in [1.807, 2.05) is 0 Å². The number of benzene rings is 2. The van der Waals surface area contributed by atoms with Gasteiger partial charge in [0.25, 0.3) is 0 Å². The van der Waals surface area contributed by atoms with E-state index in [-0.39, 0.29) is 76.6 Å². The van der Waals surface area contributed by atoms with Crippen molar-refractivity contribution in [3.8, 4) is 5.82 Å². The number of anilines is 3. The summed E-state index contributed by atoms with van der Waals surface area (Å²) in [4.78, 5) is 34.9. The quantitative estimate of drug-likeness (QED) is 0.163. The number of aromatic nitrogens is 4. The van der Waals surface area contributed by atoms with Crippen LogP contribution in [0.15, 0.2) is 48.5 Å². The van der Waals surface area contributed by atoms with Crippen LogP contribution in [0.5, 0.6) is 0 Å². The summed E-state index contributed by atoms with van der Waals surface area (Å²) < 4.78 is 64.8. The van der Waals surface area contributed by atoms with Crippen LogP contribution in [-0.2, 0) is 10.7 Å². The molecule has 172 valence electrons. The van der Waals surface area contributed by atoms with E-state index in [2.05, 4.69) is 20.3 Å². The molecule has 35 heavy (non-hydrogen) atoms. The van der Waals surface area contributed by atoms with Crippen molar-refractivity contribution >= 4 is 36.2 Å². The number of imidazole rings is 1. The molecule has 0 atom stereocenters. The second-order valence-corrected chi connectivity index (χ2v) is 8.09. The van der Waals surface area contributed by atoms with E-state index in [4.69, 9.17) is 0 Å². The van der Waals surface area contributed by atoms with Gasteiger partial charge in [0.1, 0.15) is 23.3 Å². The van der Waals surface area contributed by atoms with E-state index in [1.54, 1.807) is 12.0 Å². The average Bonchev–Trinajstić information content (AvgIpc) is 3.01. The summed E-state index contributed by atoms with van der Waals surface area (Å²) in [6, 6.07) is 8.93. The van der Waals surface area contributed by atoms with Crippen molar-refractivity contribution in [2.75, 3.05) is 10.4 Å². The number of aryl methyl sites for hydroxylation is 1. The van der Waals surface area contributed by atoms with E-state index in [9.17, 15) is 31.9 Å². The van der Waals surface area contributed by atoms with Crippen LogP contribution < -0.4 is 79.3 Å². The van der Waals surface area contributed by atoms with Crippen LogP contribution in [0.25, 0.3) is 16.9 Å². The first-order valence-corrected chi connectivity index (χ1v) is 10.7. The third kappa shape index (κ3) is 7.25. The van der Waals surface area contributed by atoms with Crippen molar-refractivity contribution in [2.45, 2.75) is 13.1 Å². The predicted octanol–water partition coefficient (Wildman–Crippen LogP) is -2.73. The van der Waals surface area contributed by atoms with E-state index < -0.39 is 31.1 Å². The number of hydrogen-bond donors (Lipinski definition) is 2. The van der Waals surface area contributed by atoms with Gasteiger partial charge in [-0.25, -0.2) is 9.37 Å². The summed E-state index contributed by atoms with van der Waals surface area (Å²) in [5.74, 6) is -0.793. The van der Waals surface area contributed by atoms with Crippen molar-refractivity contribution in [2.24, 2.45) is 0 Å². The molecule has 0 aliphatic rings. The first kappa shape index (κ1) is 29.7. The van der Waals surface area contributed by atoms with Gasteiger partial charge in [0.15, 0.2) is 0 Å². The van der Waals surface area contributed by atoms with Crippen molar-refractivity contribution in [1.82, 2.24) is 19.5 Å². The minimum Gasteiger partial charge on any atom is -0.795 e. The second kappa shape index (κ2) is 11.2. The van der Waals surface area contributed by atoms with E-state index in [0.29, 0.717) is 16.9 Å². The molecule has 16 heteroatoms. The minimum atomic E-state index is -5.26. The third-order valence-electron chi connectivity index (χ3n) is 4.45. The summed E-state index contributed by atoms with van der Waals surface area (Å²) in [6.45, 7) is 1.60. The van der Waals surface area contributed by atoms with Crippen LogP contribution in [0.1, 0.15) is 11.4 Å². The van der Waals surface area contributed by atoms with E-state index in [0.717, 1.165) is 30.3 Å². The molecule has 0 unspecified atom stereocenters. The van der Waals surface area contributed by atoms with Gasteiger partial charge < -0.3 is 24.8 Å². The first-order chi connectivity index (χ1) is 15.4. The molecule has 4 rings (SSSR count). The Morgan fingerprint density at radius 3 is 2.23 bits per heavy atom. The maximum absolute atomic E-state index is 13.8. The molecule has 2 aromatic heterocycles. The predicted molar refractivity (Wildman–Crippen MR) is 107 cm³/mol. The normalized spacial score (nSPS) is 11.5. The first-order valence-electron chi connectivity index (χ1n) is 9.18. The van der Waals surface area contributed by atoms with Crippen LogP contribution in [0, 0.1) is 12.7 Å². The summed E-state index contributed by atoms with van der Waals surface area (Å²) in [7, 11) is -5.26. The monoisotopic (exact) mass is 526 g/mol. The smallest absolute Gasteiger partial charge is 0.795 e. The number of hydrogen-bond acceptors (Lipinski definition) is 7. The fourth-order valence-electron chi connectivity index (χ4n) is 3.13. The molecular formula is C19H13F4N6Na2O3P. The Balaban J connectivity index is 0.00000216. The summed E-state index contributed by atoms with van der Waals surface area (Å²) in [5, 5.41) is 4.37. The van der Waals surface area contributed by atoms with Crippen LogP contribution in [-0.4, -0.2) is 19.5 Å². The SMILES string of the molecule is Cc1nc2ccc(F)cc2n1-c1cc(NP(=O)([O-])[O-])nc(Nc2ccc(C(F)(F)F)cc2)n1.[Na+].[Na+]. The Hall–Kier alpha value is -1.54. The molecule has 0 radical (unpaired) electrons. The Bertz CT molecular complexity index is 1400. The number of alkyl halides is 3. The fourth-order valence-corrected chi connectivity index (χ4v) is 3.53. The molecule has 2 aromatic carbocycles. The molecule has 0 spiro atoms. The van der Waals surface area contributed by atoms with Gasteiger partial charge in [-0.1, -0.05) is 0 Å². The van der Waals surface area contributed by atoms with Gasteiger partial charge in [-0.15, -0.1) is 0 Å². The summed E-state index contributed by atoms with van der Waals surface area (Å²) in [5.41, 5.74) is 0.0331. The number of halogens is 4. The van der Waals surface area contributed by atoms with Gasteiger partial charge in [0, 0.05) is 25.6 Å².